The number of nitrogens with zero attached hydrogens (tertiary/aromatic N) is 2. The van der Waals surface area contributed by atoms with Gasteiger partial charge < -0.3 is 10.2 Å². The molecule has 1 fully saturated rings. The summed E-state index contributed by atoms with van der Waals surface area (Å²) in [6, 6.07) is 6.34. The summed E-state index contributed by atoms with van der Waals surface area (Å²) < 4.78 is 0. The Kier molecular flexibility index (Phi) is 4.89. The molecule has 1 aliphatic rings. The molecule has 0 heterocycles. The summed E-state index contributed by atoms with van der Waals surface area (Å²) in [4.78, 5) is 12.4. The number of thiocarbonyl (C=S) groups is 1. The standard InChI is InChI=1S/C14H19N3O2S/c1-2-9-16(10-11-3-4-11)14(20)15-12-5-7-13(8-6-12)17(18)19/h5-8,11H,2-4,9-10H2,1H3,(H,15,20). The van der Waals surface area contributed by atoms with Gasteiger partial charge in [0.1, 0.15) is 0 Å². The first-order valence-electron chi connectivity index (χ1n) is 6.90. The Morgan fingerprint density at radius 2 is 2.10 bits per heavy atom. The van der Waals surface area contributed by atoms with Crippen molar-refractivity contribution >= 4 is 28.7 Å². The van der Waals surface area contributed by atoms with E-state index in [0.717, 1.165) is 31.1 Å². The van der Waals surface area contributed by atoms with Crippen molar-refractivity contribution in [2.75, 3.05) is 18.4 Å². The summed E-state index contributed by atoms with van der Waals surface area (Å²) in [5, 5.41) is 14.5. The summed E-state index contributed by atoms with van der Waals surface area (Å²) >= 11 is 5.43. The molecule has 108 valence electrons. The molecule has 1 aromatic carbocycles. The van der Waals surface area contributed by atoms with E-state index in [0.29, 0.717) is 5.11 Å². The molecule has 1 saturated carbocycles. The Bertz CT molecular complexity index is 486. The number of hydrogen-bond donors (Lipinski definition) is 1. The molecule has 20 heavy (non-hydrogen) atoms. The molecule has 5 nitrogen and oxygen atoms in total. The van der Waals surface area contributed by atoms with E-state index in [1.807, 2.05) is 0 Å². The molecule has 1 aromatic rings. The zero-order valence-electron chi connectivity index (χ0n) is 11.5. The van der Waals surface area contributed by atoms with Crippen LogP contribution in [-0.2, 0) is 0 Å². The first-order chi connectivity index (χ1) is 9.60. The molecule has 0 radical (unpaired) electrons. The van der Waals surface area contributed by atoms with Crippen LogP contribution in [0.4, 0.5) is 11.4 Å². The van der Waals surface area contributed by atoms with Crippen molar-refractivity contribution in [1.29, 1.82) is 0 Å². The Hall–Kier alpha value is -1.69. The van der Waals surface area contributed by atoms with Crippen LogP contribution in [0.15, 0.2) is 24.3 Å². The molecule has 0 bridgehead atoms. The van der Waals surface area contributed by atoms with E-state index in [2.05, 4.69) is 17.1 Å². The van der Waals surface area contributed by atoms with Gasteiger partial charge in [-0.05, 0) is 49.5 Å². The van der Waals surface area contributed by atoms with E-state index in [1.54, 1.807) is 12.1 Å². The topological polar surface area (TPSA) is 58.4 Å². The van der Waals surface area contributed by atoms with Gasteiger partial charge in [-0.2, -0.15) is 0 Å². The van der Waals surface area contributed by atoms with Gasteiger partial charge in [-0.3, -0.25) is 10.1 Å². The van der Waals surface area contributed by atoms with Gasteiger partial charge in [-0.1, -0.05) is 6.92 Å². The maximum absolute atomic E-state index is 10.6. The average Bonchev–Trinajstić information content (AvgIpc) is 3.23. The number of nitro groups is 1. The van der Waals surface area contributed by atoms with Gasteiger partial charge in [0, 0.05) is 30.9 Å². The lowest BCUT2D eigenvalue weighted by molar-refractivity contribution is -0.384. The fourth-order valence-electron chi connectivity index (χ4n) is 2.03. The summed E-state index contributed by atoms with van der Waals surface area (Å²) in [5.74, 6) is 0.776. The van der Waals surface area contributed by atoms with Crippen LogP contribution < -0.4 is 5.32 Å². The highest BCUT2D eigenvalue weighted by Crippen LogP contribution is 2.30. The zero-order chi connectivity index (χ0) is 14.5. The van der Waals surface area contributed by atoms with Crippen LogP contribution in [0.2, 0.25) is 0 Å². The second-order valence-corrected chi connectivity index (χ2v) is 5.51. The Labute approximate surface area is 124 Å². The van der Waals surface area contributed by atoms with E-state index >= 15 is 0 Å². The Morgan fingerprint density at radius 1 is 1.45 bits per heavy atom. The third kappa shape index (κ3) is 4.16. The molecule has 0 amide bonds. The summed E-state index contributed by atoms with van der Waals surface area (Å²) in [6.07, 6.45) is 3.63. The highest BCUT2D eigenvalue weighted by molar-refractivity contribution is 7.80. The number of nitro benzene ring substituents is 1. The van der Waals surface area contributed by atoms with Crippen molar-refractivity contribution in [2.24, 2.45) is 5.92 Å². The van der Waals surface area contributed by atoms with Crippen molar-refractivity contribution in [3.05, 3.63) is 34.4 Å². The van der Waals surface area contributed by atoms with Crippen molar-refractivity contribution in [3.63, 3.8) is 0 Å². The van der Waals surface area contributed by atoms with Gasteiger partial charge in [0.2, 0.25) is 0 Å². The molecule has 0 spiro atoms. The lowest BCUT2D eigenvalue weighted by atomic mass is 10.3. The van der Waals surface area contributed by atoms with E-state index < -0.39 is 4.92 Å². The molecule has 6 heteroatoms. The summed E-state index contributed by atoms with van der Waals surface area (Å²) in [6.45, 7) is 4.08. The minimum absolute atomic E-state index is 0.0878. The SMILES string of the molecule is CCCN(CC1CC1)C(=S)Nc1ccc([N+](=O)[O-])cc1. The maximum atomic E-state index is 10.6. The van der Waals surface area contributed by atoms with Crippen LogP contribution >= 0.6 is 12.2 Å². The highest BCUT2D eigenvalue weighted by atomic mass is 32.1. The lowest BCUT2D eigenvalue weighted by Gasteiger charge is -2.25. The quantitative estimate of drug-likeness (QED) is 0.495. The number of non-ortho nitro benzene ring substituents is 1. The Morgan fingerprint density at radius 3 is 2.60 bits per heavy atom. The van der Waals surface area contributed by atoms with Crippen molar-refractivity contribution in [3.8, 4) is 0 Å². The van der Waals surface area contributed by atoms with E-state index in [-0.39, 0.29) is 5.69 Å². The number of nitrogens with one attached hydrogen (secondary N) is 1. The molecule has 2 rings (SSSR count). The molecule has 0 aromatic heterocycles. The fraction of sp³-hybridized carbons (Fsp3) is 0.500. The van der Waals surface area contributed by atoms with Crippen LogP contribution in [0.25, 0.3) is 0 Å². The van der Waals surface area contributed by atoms with Gasteiger partial charge in [0.15, 0.2) is 5.11 Å². The summed E-state index contributed by atoms with van der Waals surface area (Å²) in [7, 11) is 0. The van der Waals surface area contributed by atoms with Crippen molar-refractivity contribution < 1.29 is 4.92 Å². The third-order valence-electron chi connectivity index (χ3n) is 3.29. The van der Waals surface area contributed by atoms with Crippen LogP contribution in [0.3, 0.4) is 0 Å². The number of benzene rings is 1. The molecule has 0 saturated heterocycles. The van der Waals surface area contributed by atoms with Gasteiger partial charge in [-0.15, -0.1) is 0 Å². The maximum Gasteiger partial charge on any atom is 0.269 e. The molecule has 1 N–H and O–H groups in total. The Balaban J connectivity index is 1.95. The van der Waals surface area contributed by atoms with Gasteiger partial charge in [0.25, 0.3) is 5.69 Å². The first-order valence-corrected chi connectivity index (χ1v) is 7.31. The fourth-order valence-corrected chi connectivity index (χ4v) is 2.31. The monoisotopic (exact) mass is 293 g/mol. The van der Waals surface area contributed by atoms with E-state index in [9.17, 15) is 10.1 Å². The van der Waals surface area contributed by atoms with E-state index in [1.165, 1.54) is 25.0 Å². The van der Waals surface area contributed by atoms with Crippen LogP contribution in [0.5, 0.6) is 0 Å². The predicted molar refractivity (Wildman–Crippen MR) is 83.9 cm³/mol. The minimum atomic E-state index is -0.404. The van der Waals surface area contributed by atoms with Crippen molar-refractivity contribution in [1.82, 2.24) is 4.90 Å². The largest absolute Gasteiger partial charge is 0.349 e. The van der Waals surface area contributed by atoms with Crippen LogP contribution in [0.1, 0.15) is 26.2 Å². The van der Waals surface area contributed by atoms with Crippen LogP contribution in [0, 0.1) is 16.0 Å². The first kappa shape index (κ1) is 14.7. The predicted octanol–water partition coefficient (Wildman–Crippen LogP) is 3.41. The smallest absolute Gasteiger partial charge is 0.269 e. The third-order valence-corrected chi connectivity index (χ3v) is 3.65. The molecule has 0 atom stereocenters. The molecule has 1 aliphatic carbocycles. The number of rotatable bonds is 6. The lowest BCUT2D eigenvalue weighted by Crippen LogP contribution is -2.36. The molecular formula is C14H19N3O2S. The molecule has 0 aliphatic heterocycles. The van der Waals surface area contributed by atoms with E-state index in [4.69, 9.17) is 12.2 Å². The molecule has 0 unspecified atom stereocenters. The number of anilines is 1. The van der Waals surface area contributed by atoms with Crippen LogP contribution in [-0.4, -0.2) is 28.0 Å². The van der Waals surface area contributed by atoms with Gasteiger partial charge in [0.05, 0.1) is 4.92 Å². The van der Waals surface area contributed by atoms with Gasteiger partial charge in [-0.25, -0.2) is 0 Å². The average molecular weight is 293 g/mol. The molecular weight excluding hydrogens is 274 g/mol. The normalized spacial score (nSPS) is 13.8. The van der Waals surface area contributed by atoms with Gasteiger partial charge >= 0.3 is 0 Å². The number of hydrogen-bond acceptors (Lipinski definition) is 3. The summed E-state index contributed by atoms with van der Waals surface area (Å²) in [5.41, 5.74) is 0.877. The zero-order valence-corrected chi connectivity index (χ0v) is 12.4. The second-order valence-electron chi connectivity index (χ2n) is 5.12. The highest BCUT2D eigenvalue weighted by Gasteiger charge is 2.25. The minimum Gasteiger partial charge on any atom is -0.349 e. The second kappa shape index (κ2) is 6.65. The van der Waals surface area contributed by atoms with Crippen molar-refractivity contribution in [2.45, 2.75) is 26.2 Å².